The van der Waals surface area contributed by atoms with Crippen LogP contribution in [-0.2, 0) is 0 Å². The Labute approximate surface area is 217 Å². The Hall–Kier alpha value is -3.25. The normalized spacial score (nSPS) is 11.2. The van der Waals surface area contributed by atoms with Gasteiger partial charge in [0, 0.05) is 21.9 Å². The lowest BCUT2D eigenvalue weighted by atomic mass is 10.0. The zero-order valence-electron chi connectivity index (χ0n) is 19.0. The van der Waals surface area contributed by atoms with Crippen LogP contribution in [0.5, 0.6) is 0 Å². The summed E-state index contributed by atoms with van der Waals surface area (Å²) < 4.78 is 0. The van der Waals surface area contributed by atoms with E-state index in [4.69, 9.17) is 28.2 Å². The number of nitrogens with one attached hydrogen (secondary N) is 1. The van der Waals surface area contributed by atoms with Crippen molar-refractivity contribution in [3.8, 4) is 22.5 Å². The number of hydrogen-bond donors (Lipinski definition) is 1. The smallest absolute Gasteiger partial charge is 0.258 e. The first-order valence-electron chi connectivity index (χ1n) is 11.1. The third-order valence-electron chi connectivity index (χ3n) is 5.77. The molecule has 35 heavy (non-hydrogen) atoms. The minimum absolute atomic E-state index is 0.249. The SMILES string of the molecule is CC(C)c1ccc(-c2csc(NC(=O)c3cc(-c4ccc(Cl)c(Cl)c4)nc4ccccc34)n2)cc1. The summed E-state index contributed by atoms with van der Waals surface area (Å²) in [4.78, 5) is 22.8. The van der Waals surface area contributed by atoms with Gasteiger partial charge < -0.3 is 0 Å². The van der Waals surface area contributed by atoms with Crippen molar-refractivity contribution in [2.24, 2.45) is 0 Å². The highest BCUT2D eigenvalue weighted by atomic mass is 35.5. The van der Waals surface area contributed by atoms with Crippen molar-refractivity contribution in [1.29, 1.82) is 0 Å². The average molecular weight is 518 g/mol. The monoisotopic (exact) mass is 517 g/mol. The van der Waals surface area contributed by atoms with Crippen LogP contribution in [0.1, 0.15) is 35.7 Å². The van der Waals surface area contributed by atoms with Crippen LogP contribution in [-0.4, -0.2) is 15.9 Å². The first-order valence-corrected chi connectivity index (χ1v) is 12.7. The number of pyridine rings is 1. The van der Waals surface area contributed by atoms with Gasteiger partial charge in [0.25, 0.3) is 5.91 Å². The molecule has 3 aromatic carbocycles. The number of anilines is 1. The van der Waals surface area contributed by atoms with Crippen molar-refractivity contribution < 1.29 is 4.79 Å². The van der Waals surface area contributed by atoms with Gasteiger partial charge in [-0.2, -0.15) is 0 Å². The van der Waals surface area contributed by atoms with E-state index in [0.29, 0.717) is 37.9 Å². The van der Waals surface area contributed by atoms with E-state index in [1.54, 1.807) is 18.2 Å². The van der Waals surface area contributed by atoms with Crippen LogP contribution in [0.3, 0.4) is 0 Å². The number of nitrogens with zero attached hydrogens (tertiary/aromatic N) is 2. The molecule has 0 aliphatic heterocycles. The van der Waals surface area contributed by atoms with Crippen LogP contribution in [0.2, 0.25) is 10.0 Å². The van der Waals surface area contributed by atoms with Gasteiger partial charge in [-0.15, -0.1) is 11.3 Å². The van der Waals surface area contributed by atoms with Crippen LogP contribution >= 0.6 is 34.5 Å². The van der Waals surface area contributed by atoms with Crippen molar-refractivity contribution in [2.75, 3.05) is 5.32 Å². The molecule has 5 aromatic rings. The molecule has 2 aromatic heterocycles. The van der Waals surface area contributed by atoms with Crippen LogP contribution < -0.4 is 5.32 Å². The van der Waals surface area contributed by atoms with E-state index in [9.17, 15) is 4.79 Å². The van der Waals surface area contributed by atoms with Crippen molar-refractivity contribution in [3.05, 3.63) is 99.3 Å². The molecular weight excluding hydrogens is 497 g/mol. The van der Waals surface area contributed by atoms with E-state index < -0.39 is 0 Å². The van der Waals surface area contributed by atoms with Gasteiger partial charge in [0.05, 0.1) is 32.5 Å². The molecule has 1 N–H and O–H groups in total. The molecule has 1 amide bonds. The van der Waals surface area contributed by atoms with E-state index in [1.807, 2.05) is 35.7 Å². The van der Waals surface area contributed by atoms with Crippen molar-refractivity contribution in [1.82, 2.24) is 9.97 Å². The van der Waals surface area contributed by atoms with Crippen LogP contribution in [0.25, 0.3) is 33.4 Å². The van der Waals surface area contributed by atoms with Gasteiger partial charge in [-0.1, -0.05) is 85.6 Å². The Morgan fingerprint density at radius 1 is 0.857 bits per heavy atom. The third-order valence-corrected chi connectivity index (χ3v) is 7.27. The number of carbonyl (C=O) groups excluding carboxylic acids is 1. The van der Waals surface area contributed by atoms with Gasteiger partial charge >= 0.3 is 0 Å². The summed E-state index contributed by atoms with van der Waals surface area (Å²) in [6, 6.07) is 23.0. The van der Waals surface area contributed by atoms with Gasteiger partial charge in [0.2, 0.25) is 0 Å². The Morgan fingerprint density at radius 3 is 2.34 bits per heavy atom. The number of hydrogen-bond acceptors (Lipinski definition) is 4. The number of halogens is 2. The molecular formula is C28H21Cl2N3OS. The summed E-state index contributed by atoms with van der Waals surface area (Å²) in [5.74, 6) is 0.222. The fraction of sp³-hybridized carbons (Fsp3) is 0.107. The van der Waals surface area contributed by atoms with E-state index in [-0.39, 0.29) is 5.91 Å². The maximum absolute atomic E-state index is 13.4. The van der Waals surface area contributed by atoms with Gasteiger partial charge in [-0.05, 0) is 35.7 Å². The Kier molecular flexibility index (Phi) is 6.56. The molecule has 0 spiro atoms. The van der Waals surface area contributed by atoms with Crippen LogP contribution in [0.15, 0.2) is 78.2 Å². The van der Waals surface area contributed by atoms with Gasteiger partial charge in [-0.25, -0.2) is 9.97 Å². The molecule has 4 nitrogen and oxygen atoms in total. The maximum Gasteiger partial charge on any atom is 0.258 e. The molecule has 0 fully saturated rings. The highest BCUT2D eigenvalue weighted by Gasteiger charge is 2.16. The zero-order valence-corrected chi connectivity index (χ0v) is 21.4. The predicted molar refractivity (Wildman–Crippen MR) is 147 cm³/mol. The second-order valence-corrected chi connectivity index (χ2v) is 10.1. The maximum atomic E-state index is 13.4. The molecule has 0 saturated heterocycles. The second kappa shape index (κ2) is 9.78. The number of fused-ring (bicyclic) bond motifs is 1. The number of aromatic nitrogens is 2. The molecule has 0 bridgehead atoms. The van der Waals surface area contributed by atoms with Crippen molar-refractivity contribution in [2.45, 2.75) is 19.8 Å². The van der Waals surface area contributed by atoms with Crippen molar-refractivity contribution in [3.63, 3.8) is 0 Å². The lowest BCUT2D eigenvalue weighted by molar-refractivity contribution is 0.102. The largest absolute Gasteiger partial charge is 0.298 e. The summed E-state index contributed by atoms with van der Waals surface area (Å²) in [5, 5.41) is 7.11. The minimum Gasteiger partial charge on any atom is -0.298 e. The predicted octanol–water partition coefficient (Wildman–Crippen LogP) is 8.71. The molecule has 0 aliphatic carbocycles. The molecule has 0 atom stereocenters. The molecule has 0 unspecified atom stereocenters. The number of thiazole rings is 1. The summed E-state index contributed by atoms with van der Waals surface area (Å²) in [5.41, 5.74) is 5.76. The molecule has 174 valence electrons. The first-order chi connectivity index (χ1) is 16.9. The minimum atomic E-state index is -0.249. The Morgan fingerprint density at radius 2 is 1.60 bits per heavy atom. The molecule has 0 aliphatic rings. The average Bonchev–Trinajstić information content (AvgIpc) is 3.33. The topological polar surface area (TPSA) is 54.9 Å². The van der Waals surface area contributed by atoms with E-state index in [1.165, 1.54) is 16.9 Å². The third kappa shape index (κ3) is 4.94. The molecule has 2 heterocycles. The molecule has 0 radical (unpaired) electrons. The van der Waals surface area contributed by atoms with Crippen molar-refractivity contribution >= 4 is 56.5 Å². The molecule has 0 saturated carbocycles. The van der Waals surface area contributed by atoms with Gasteiger partial charge in [-0.3, -0.25) is 10.1 Å². The Bertz CT molecular complexity index is 1540. The lowest BCUT2D eigenvalue weighted by Crippen LogP contribution is -2.13. The standard InChI is InChI=1S/C28H21Cl2N3OS/c1-16(2)17-7-9-18(10-8-17)26-15-35-28(32-26)33-27(34)21-14-25(19-11-12-22(29)23(30)13-19)31-24-6-4-3-5-20(21)24/h3-16H,1-2H3,(H,32,33,34). The fourth-order valence-electron chi connectivity index (χ4n) is 3.83. The second-order valence-electron chi connectivity index (χ2n) is 8.47. The molecule has 7 heteroatoms. The summed E-state index contributed by atoms with van der Waals surface area (Å²) >= 11 is 13.7. The number of benzene rings is 3. The number of rotatable bonds is 5. The first kappa shape index (κ1) is 23.5. The zero-order chi connectivity index (χ0) is 24.5. The Balaban J connectivity index is 1.46. The summed E-state index contributed by atoms with van der Waals surface area (Å²) in [7, 11) is 0. The van der Waals surface area contributed by atoms with E-state index in [2.05, 4.69) is 48.4 Å². The summed E-state index contributed by atoms with van der Waals surface area (Å²) in [6.45, 7) is 4.34. The number of amides is 1. The van der Waals surface area contributed by atoms with Gasteiger partial charge in [0.1, 0.15) is 0 Å². The fourth-order valence-corrected chi connectivity index (χ4v) is 4.85. The van der Waals surface area contributed by atoms with Gasteiger partial charge in [0.15, 0.2) is 5.13 Å². The molecule has 5 rings (SSSR count). The van der Waals surface area contributed by atoms with Crippen LogP contribution in [0.4, 0.5) is 5.13 Å². The van der Waals surface area contributed by atoms with Crippen LogP contribution in [0, 0.1) is 0 Å². The number of carbonyl (C=O) groups is 1. The number of para-hydroxylation sites is 1. The highest BCUT2D eigenvalue weighted by molar-refractivity contribution is 7.14. The highest BCUT2D eigenvalue weighted by Crippen LogP contribution is 2.31. The van der Waals surface area contributed by atoms with E-state index in [0.717, 1.165) is 22.2 Å². The van der Waals surface area contributed by atoms with E-state index >= 15 is 0 Å². The summed E-state index contributed by atoms with van der Waals surface area (Å²) in [6.07, 6.45) is 0. The quantitative estimate of drug-likeness (QED) is 0.253. The lowest BCUT2D eigenvalue weighted by Gasteiger charge is -2.10.